The van der Waals surface area contributed by atoms with Crippen LogP contribution in [0.1, 0.15) is 46.6 Å². The maximum atomic E-state index is 13.8. The minimum Gasteiger partial charge on any atom is -0.450 e. The lowest BCUT2D eigenvalue weighted by atomic mass is 9.99. The molecule has 0 aliphatic carbocycles. The predicted octanol–water partition coefficient (Wildman–Crippen LogP) is 4.73. The lowest BCUT2D eigenvalue weighted by Crippen LogP contribution is -2.29. The summed E-state index contributed by atoms with van der Waals surface area (Å²) in [6.45, 7) is 4.16. The highest BCUT2D eigenvalue weighted by Gasteiger charge is 2.45. The Balaban J connectivity index is 1.74. The third-order valence-electron chi connectivity index (χ3n) is 5.19. The summed E-state index contributed by atoms with van der Waals surface area (Å²) in [5.41, 5.74) is 0.672. The van der Waals surface area contributed by atoms with E-state index < -0.39 is 23.2 Å². The first-order chi connectivity index (χ1) is 14.9. The van der Waals surface area contributed by atoms with Crippen molar-refractivity contribution in [1.29, 1.82) is 0 Å². The van der Waals surface area contributed by atoms with Crippen molar-refractivity contribution in [2.24, 2.45) is 5.92 Å². The summed E-state index contributed by atoms with van der Waals surface area (Å²) in [7, 11) is 0. The number of fused-ring (bicyclic) bond motifs is 2. The summed E-state index contributed by atoms with van der Waals surface area (Å²) in [4.78, 5) is 28.3. The highest BCUT2D eigenvalue weighted by Crippen LogP contribution is 2.42. The molecule has 6 nitrogen and oxygen atoms in total. The molecule has 1 aliphatic rings. The number of carbonyl (C=O) groups is 1. The molecule has 2 aromatic heterocycles. The number of hydrogen-bond acceptors (Lipinski definition) is 6. The Kier molecular flexibility index (Phi) is 4.66. The van der Waals surface area contributed by atoms with E-state index in [0.717, 1.165) is 23.1 Å². The number of benzene rings is 2. The first-order valence-electron chi connectivity index (χ1n) is 9.91. The van der Waals surface area contributed by atoms with E-state index >= 15 is 0 Å². The number of nitrogens with zero attached hydrogens (tertiary/aromatic N) is 3. The Morgan fingerprint density at radius 3 is 2.65 bits per heavy atom. The van der Waals surface area contributed by atoms with Crippen LogP contribution in [0.25, 0.3) is 11.0 Å². The van der Waals surface area contributed by atoms with Gasteiger partial charge >= 0.3 is 0 Å². The first-order valence-corrected chi connectivity index (χ1v) is 10.7. The number of anilines is 1. The lowest BCUT2D eigenvalue weighted by molar-refractivity contribution is 0.0970. The molecule has 0 fully saturated rings. The smallest absolute Gasteiger partial charge is 0.297 e. The quantitative estimate of drug-likeness (QED) is 0.463. The van der Waals surface area contributed by atoms with Gasteiger partial charge < -0.3 is 4.42 Å². The van der Waals surface area contributed by atoms with E-state index in [9.17, 15) is 14.0 Å². The Morgan fingerprint density at radius 1 is 1.13 bits per heavy atom. The second-order valence-corrected chi connectivity index (χ2v) is 8.92. The fourth-order valence-electron chi connectivity index (χ4n) is 3.87. The van der Waals surface area contributed by atoms with E-state index in [1.807, 2.05) is 30.3 Å². The summed E-state index contributed by atoms with van der Waals surface area (Å²) in [6.07, 6.45) is 0.739. The van der Waals surface area contributed by atoms with Crippen LogP contribution < -0.4 is 10.3 Å². The van der Waals surface area contributed by atoms with Crippen LogP contribution in [0.15, 0.2) is 57.7 Å². The molecule has 0 radical (unpaired) electrons. The molecular formula is C23H18FN3O3S. The van der Waals surface area contributed by atoms with Crippen LogP contribution in [0.3, 0.4) is 0 Å². The zero-order valence-electron chi connectivity index (χ0n) is 16.8. The number of amides is 1. The number of hydrogen-bond donors (Lipinski definition) is 0. The molecule has 0 saturated carbocycles. The van der Waals surface area contributed by atoms with Gasteiger partial charge in [0.15, 0.2) is 5.43 Å². The van der Waals surface area contributed by atoms with Gasteiger partial charge in [-0.1, -0.05) is 55.5 Å². The fraction of sp³-hybridized carbons (Fsp3) is 0.217. The van der Waals surface area contributed by atoms with Crippen LogP contribution in [0.4, 0.5) is 9.52 Å². The molecule has 156 valence electrons. The van der Waals surface area contributed by atoms with Gasteiger partial charge in [0, 0.05) is 6.42 Å². The van der Waals surface area contributed by atoms with Gasteiger partial charge in [-0.2, -0.15) is 0 Å². The van der Waals surface area contributed by atoms with Gasteiger partial charge in [0.1, 0.15) is 16.4 Å². The van der Waals surface area contributed by atoms with Gasteiger partial charge in [-0.15, -0.1) is 10.2 Å². The van der Waals surface area contributed by atoms with E-state index in [2.05, 4.69) is 24.0 Å². The van der Waals surface area contributed by atoms with E-state index in [0.29, 0.717) is 11.0 Å². The zero-order valence-corrected chi connectivity index (χ0v) is 17.6. The van der Waals surface area contributed by atoms with Crippen molar-refractivity contribution in [1.82, 2.24) is 10.2 Å². The highest BCUT2D eigenvalue weighted by atomic mass is 32.1. The van der Waals surface area contributed by atoms with Crippen molar-refractivity contribution in [3.63, 3.8) is 0 Å². The molecule has 0 saturated heterocycles. The van der Waals surface area contributed by atoms with Crippen LogP contribution in [0, 0.1) is 11.7 Å². The maximum absolute atomic E-state index is 13.8. The van der Waals surface area contributed by atoms with E-state index in [1.165, 1.54) is 28.4 Å². The fourth-order valence-corrected chi connectivity index (χ4v) is 4.94. The first kappa shape index (κ1) is 19.6. The molecule has 1 atom stereocenters. The number of halogens is 1. The van der Waals surface area contributed by atoms with E-state index in [4.69, 9.17) is 4.42 Å². The van der Waals surface area contributed by atoms with Gasteiger partial charge in [0.25, 0.3) is 5.91 Å². The van der Waals surface area contributed by atoms with Gasteiger partial charge in [0.2, 0.25) is 10.9 Å². The highest BCUT2D eigenvalue weighted by molar-refractivity contribution is 7.15. The zero-order chi connectivity index (χ0) is 21.7. The largest absolute Gasteiger partial charge is 0.450 e. The summed E-state index contributed by atoms with van der Waals surface area (Å²) in [5.74, 6) is -0.654. The molecule has 0 unspecified atom stereocenters. The van der Waals surface area contributed by atoms with Gasteiger partial charge in [0.05, 0.1) is 17.0 Å². The molecule has 5 rings (SSSR count). The average molecular weight is 435 g/mol. The Morgan fingerprint density at radius 2 is 1.90 bits per heavy atom. The van der Waals surface area contributed by atoms with Crippen LogP contribution in [0.5, 0.6) is 0 Å². The molecule has 8 heteroatoms. The van der Waals surface area contributed by atoms with Crippen molar-refractivity contribution in [3.05, 3.63) is 86.5 Å². The second-order valence-electron chi connectivity index (χ2n) is 7.88. The van der Waals surface area contributed by atoms with Crippen LogP contribution in [-0.2, 0) is 6.42 Å². The molecule has 3 heterocycles. The maximum Gasteiger partial charge on any atom is 0.297 e. The van der Waals surface area contributed by atoms with E-state index in [-0.39, 0.29) is 22.3 Å². The molecule has 1 aliphatic heterocycles. The summed E-state index contributed by atoms with van der Waals surface area (Å²) >= 11 is 1.32. The Labute approximate surface area is 181 Å². The normalized spacial score (nSPS) is 15.8. The average Bonchev–Trinajstić information content (AvgIpc) is 3.31. The van der Waals surface area contributed by atoms with Gasteiger partial charge in [-0.05, 0) is 29.7 Å². The summed E-state index contributed by atoms with van der Waals surface area (Å²) < 4.78 is 19.7. The van der Waals surface area contributed by atoms with Crippen molar-refractivity contribution < 1.29 is 13.6 Å². The molecule has 1 amide bonds. The monoisotopic (exact) mass is 435 g/mol. The van der Waals surface area contributed by atoms with Gasteiger partial charge in [-0.3, -0.25) is 14.5 Å². The molecule has 0 N–H and O–H groups in total. The topological polar surface area (TPSA) is 76.3 Å². The molecule has 31 heavy (non-hydrogen) atoms. The summed E-state index contributed by atoms with van der Waals surface area (Å²) in [6, 6.07) is 12.2. The minimum absolute atomic E-state index is 0.0430. The van der Waals surface area contributed by atoms with Crippen molar-refractivity contribution in [2.75, 3.05) is 4.90 Å². The minimum atomic E-state index is -0.729. The van der Waals surface area contributed by atoms with Crippen LogP contribution in [0.2, 0.25) is 0 Å². The Hall–Kier alpha value is -3.39. The number of rotatable bonds is 4. The van der Waals surface area contributed by atoms with Crippen molar-refractivity contribution in [3.8, 4) is 0 Å². The third-order valence-corrected chi connectivity index (χ3v) is 6.14. The third kappa shape index (κ3) is 3.23. The molecule has 4 aromatic rings. The van der Waals surface area contributed by atoms with Crippen LogP contribution in [-0.4, -0.2) is 16.1 Å². The van der Waals surface area contributed by atoms with Crippen molar-refractivity contribution >= 4 is 33.3 Å². The SMILES string of the molecule is CC(C)Cc1nnc(N2C(=O)c3oc4ccc(F)cc4c(=O)c3[C@H]2c2ccccc2)s1. The summed E-state index contributed by atoms with van der Waals surface area (Å²) in [5, 5.41) is 9.79. The van der Waals surface area contributed by atoms with E-state index in [1.54, 1.807) is 0 Å². The molecule has 0 bridgehead atoms. The molecule has 0 spiro atoms. The Bertz CT molecular complexity index is 1360. The second kappa shape index (κ2) is 7.39. The van der Waals surface area contributed by atoms with Crippen molar-refractivity contribution in [2.45, 2.75) is 26.3 Å². The molecular weight excluding hydrogens is 417 g/mol. The number of carbonyl (C=O) groups excluding carboxylic acids is 1. The number of aromatic nitrogens is 2. The predicted molar refractivity (Wildman–Crippen MR) is 116 cm³/mol. The lowest BCUT2D eigenvalue weighted by Gasteiger charge is -2.21. The van der Waals surface area contributed by atoms with Gasteiger partial charge in [-0.25, -0.2) is 4.39 Å². The van der Waals surface area contributed by atoms with Crippen LogP contribution >= 0.6 is 11.3 Å². The standard InChI is InChI=1S/C23H18FN3O3S/c1-12(2)10-17-25-26-23(31-17)27-19(13-6-4-3-5-7-13)18-20(28)15-11-14(24)8-9-16(15)30-21(18)22(27)29/h3-9,11-12,19H,10H2,1-2H3/t19-/m1/s1. The molecule has 2 aromatic carbocycles.